The normalized spacial score (nSPS) is 16.2. The monoisotopic (exact) mass is 630 g/mol. The second-order valence-electron chi connectivity index (χ2n) is 11.2. The van der Waals surface area contributed by atoms with Gasteiger partial charge in [0, 0.05) is 39.8 Å². The van der Waals surface area contributed by atoms with Gasteiger partial charge in [0.25, 0.3) is 0 Å². The summed E-state index contributed by atoms with van der Waals surface area (Å²) in [6.45, 7) is 6.22. The molecule has 0 aliphatic carbocycles. The molecular formula is C31H46N6O6S. The molecule has 0 unspecified atom stereocenters. The molecule has 1 heterocycles. The van der Waals surface area contributed by atoms with Crippen molar-refractivity contribution < 1.29 is 27.5 Å². The van der Waals surface area contributed by atoms with E-state index >= 15 is 0 Å². The molecule has 242 valence electrons. The summed E-state index contributed by atoms with van der Waals surface area (Å²) in [5.41, 5.74) is 0. The summed E-state index contributed by atoms with van der Waals surface area (Å²) in [5, 5.41) is 5.21. The standard InChI is InChI=1S/C31H46N6O6S/c1-4-6-17-37(18-15-30(39)43-5-2)31(40)28(20-29(38)35(3)21-24-10-9-16-36(22-24)23-33-32)34-44(41,42)27-14-13-25-11-7-8-12-26(25)19-27/h7-8,11-14,19,23-24,28,34H,4-6,9-10,15-18,20-22,32H2,1-3H3/t24-,28-/m0/s1. The number of likely N-dealkylation sites (tertiary alicyclic amines) is 1. The van der Waals surface area contributed by atoms with Crippen molar-refractivity contribution in [1.82, 2.24) is 19.4 Å². The third-order valence-corrected chi connectivity index (χ3v) is 9.20. The number of amides is 2. The lowest BCUT2D eigenvalue weighted by Gasteiger charge is -2.34. The number of piperidine rings is 1. The first kappa shape index (κ1) is 34.8. The van der Waals surface area contributed by atoms with Gasteiger partial charge in [0.05, 0.1) is 24.3 Å². The van der Waals surface area contributed by atoms with E-state index in [1.54, 1.807) is 37.3 Å². The molecule has 2 amide bonds. The Labute approximate surface area is 260 Å². The number of nitrogens with zero attached hydrogens (tertiary/aromatic N) is 4. The highest BCUT2D eigenvalue weighted by Crippen LogP contribution is 2.21. The van der Waals surface area contributed by atoms with Crippen molar-refractivity contribution in [2.24, 2.45) is 16.9 Å². The molecule has 0 bridgehead atoms. The number of ether oxygens (including phenoxy) is 1. The van der Waals surface area contributed by atoms with Crippen LogP contribution < -0.4 is 10.6 Å². The SMILES string of the molecule is CCCCN(CCC(=O)OCC)C(=O)[C@H](CC(=O)N(C)C[C@@H]1CCCN(C=NN)C1)NS(=O)(=O)c1ccc2ccccc2c1. The molecule has 1 aliphatic rings. The number of carbonyl (C=O) groups excluding carboxylic acids is 3. The molecule has 2 aromatic carbocycles. The molecule has 1 fully saturated rings. The van der Waals surface area contributed by atoms with Crippen molar-refractivity contribution in [3.05, 3.63) is 42.5 Å². The zero-order valence-electron chi connectivity index (χ0n) is 26.0. The number of nitrogens with two attached hydrogens (primary N) is 1. The van der Waals surface area contributed by atoms with Crippen LogP contribution >= 0.6 is 0 Å². The average Bonchev–Trinajstić information content (AvgIpc) is 3.00. The first-order chi connectivity index (χ1) is 21.1. The molecule has 12 nitrogen and oxygen atoms in total. The molecule has 1 aliphatic heterocycles. The largest absolute Gasteiger partial charge is 0.466 e. The summed E-state index contributed by atoms with van der Waals surface area (Å²) in [6, 6.07) is 10.7. The fourth-order valence-corrected chi connectivity index (χ4v) is 6.62. The van der Waals surface area contributed by atoms with E-state index < -0.39 is 27.9 Å². The van der Waals surface area contributed by atoms with Crippen LogP contribution in [0.25, 0.3) is 10.8 Å². The molecule has 2 atom stereocenters. The number of rotatable bonds is 16. The summed E-state index contributed by atoms with van der Waals surface area (Å²) in [5.74, 6) is 4.11. The minimum absolute atomic E-state index is 0.00898. The number of hydrazone groups is 1. The lowest BCUT2D eigenvalue weighted by molar-refractivity contribution is -0.145. The Morgan fingerprint density at radius 3 is 2.61 bits per heavy atom. The van der Waals surface area contributed by atoms with Gasteiger partial charge in [0.2, 0.25) is 21.8 Å². The summed E-state index contributed by atoms with van der Waals surface area (Å²) < 4.78 is 34.8. The maximum atomic E-state index is 13.9. The second kappa shape index (κ2) is 17.0. The van der Waals surface area contributed by atoms with Gasteiger partial charge in [-0.3, -0.25) is 14.4 Å². The average molecular weight is 631 g/mol. The van der Waals surface area contributed by atoms with Gasteiger partial charge in [0.15, 0.2) is 0 Å². The number of fused-ring (bicyclic) bond motifs is 1. The topological polar surface area (TPSA) is 155 Å². The van der Waals surface area contributed by atoms with Crippen LogP contribution in [0.1, 0.15) is 52.4 Å². The van der Waals surface area contributed by atoms with Gasteiger partial charge in [0.1, 0.15) is 12.4 Å². The van der Waals surface area contributed by atoms with Crippen molar-refractivity contribution >= 4 is 44.9 Å². The predicted molar refractivity (Wildman–Crippen MR) is 170 cm³/mol. The van der Waals surface area contributed by atoms with Crippen molar-refractivity contribution in [3.8, 4) is 0 Å². The molecule has 1 saturated heterocycles. The van der Waals surface area contributed by atoms with Crippen molar-refractivity contribution in [2.45, 2.75) is 63.3 Å². The third kappa shape index (κ3) is 10.2. The Hall–Kier alpha value is -3.71. The Balaban J connectivity index is 1.84. The van der Waals surface area contributed by atoms with Gasteiger partial charge in [-0.1, -0.05) is 43.7 Å². The van der Waals surface area contributed by atoms with E-state index in [1.165, 1.54) is 11.0 Å². The fraction of sp³-hybridized carbons (Fsp3) is 0.548. The molecule has 3 N–H and O–H groups in total. The molecule has 0 saturated carbocycles. The van der Waals surface area contributed by atoms with Gasteiger partial charge >= 0.3 is 5.97 Å². The molecule has 13 heteroatoms. The first-order valence-corrected chi connectivity index (χ1v) is 16.7. The quantitative estimate of drug-likeness (QED) is 0.0943. The van der Waals surface area contributed by atoms with Crippen LogP contribution in [0.3, 0.4) is 0 Å². The van der Waals surface area contributed by atoms with Crippen LogP contribution in [0, 0.1) is 5.92 Å². The predicted octanol–water partition coefficient (Wildman–Crippen LogP) is 2.53. The second-order valence-corrected chi connectivity index (χ2v) is 12.9. The van der Waals surface area contributed by atoms with Crippen LogP contribution in [-0.4, -0.2) is 99.7 Å². The van der Waals surface area contributed by atoms with Crippen LogP contribution in [0.5, 0.6) is 0 Å². The van der Waals surface area contributed by atoms with Crippen LogP contribution in [-0.2, 0) is 29.1 Å². The molecule has 2 aromatic rings. The van der Waals surface area contributed by atoms with E-state index in [1.807, 2.05) is 36.1 Å². The van der Waals surface area contributed by atoms with E-state index in [4.69, 9.17) is 10.6 Å². The Bertz CT molecular complexity index is 1400. The zero-order valence-corrected chi connectivity index (χ0v) is 26.8. The van der Waals surface area contributed by atoms with Crippen LogP contribution in [0.2, 0.25) is 0 Å². The van der Waals surface area contributed by atoms with Crippen molar-refractivity contribution in [1.29, 1.82) is 0 Å². The third-order valence-electron chi connectivity index (χ3n) is 7.73. The molecular weight excluding hydrogens is 584 g/mol. The lowest BCUT2D eigenvalue weighted by Crippen LogP contribution is -2.51. The molecule has 0 aromatic heterocycles. The smallest absolute Gasteiger partial charge is 0.307 e. The number of esters is 1. The number of nitrogens with one attached hydrogen (secondary N) is 1. The number of hydrogen-bond donors (Lipinski definition) is 2. The first-order valence-electron chi connectivity index (χ1n) is 15.2. The van der Waals surface area contributed by atoms with Gasteiger partial charge in [-0.25, -0.2) is 8.42 Å². The summed E-state index contributed by atoms with van der Waals surface area (Å²) >= 11 is 0. The fourth-order valence-electron chi connectivity index (χ4n) is 5.40. The number of benzene rings is 2. The minimum Gasteiger partial charge on any atom is -0.466 e. The van der Waals surface area contributed by atoms with E-state index in [0.717, 1.165) is 36.6 Å². The molecule has 3 rings (SSSR count). The molecule has 44 heavy (non-hydrogen) atoms. The van der Waals surface area contributed by atoms with Crippen molar-refractivity contribution in [2.75, 3.05) is 46.4 Å². The van der Waals surface area contributed by atoms with Crippen molar-refractivity contribution in [3.63, 3.8) is 0 Å². The van der Waals surface area contributed by atoms with Gasteiger partial charge in [-0.2, -0.15) is 9.82 Å². The van der Waals surface area contributed by atoms with E-state index in [2.05, 4.69) is 9.82 Å². The summed E-state index contributed by atoms with van der Waals surface area (Å²) in [6.07, 6.45) is 4.46. The maximum absolute atomic E-state index is 13.9. The number of hydrogen-bond acceptors (Lipinski definition) is 8. The maximum Gasteiger partial charge on any atom is 0.307 e. The number of unbranched alkanes of at least 4 members (excludes halogenated alkanes) is 1. The summed E-state index contributed by atoms with van der Waals surface area (Å²) in [7, 11) is -2.53. The highest BCUT2D eigenvalue weighted by Gasteiger charge is 2.33. The van der Waals surface area contributed by atoms with E-state index in [0.29, 0.717) is 26.1 Å². The summed E-state index contributed by atoms with van der Waals surface area (Å²) in [4.78, 5) is 44.6. The Morgan fingerprint density at radius 2 is 1.91 bits per heavy atom. The highest BCUT2D eigenvalue weighted by atomic mass is 32.2. The molecule has 0 spiro atoms. The molecule has 0 radical (unpaired) electrons. The van der Waals surface area contributed by atoms with Gasteiger partial charge in [-0.05, 0) is 55.0 Å². The Kier molecular flexibility index (Phi) is 13.4. The minimum atomic E-state index is -4.19. The number of sulfonamides is 1. The zero-order chi connectivity index (χ0) is 32.1. The highest BCUT2D eigenvalue weighted by molar-refractivity contribution is 7.89. The van der Waals surface area contributed by atoms with Crippen LogP contribution in [0.4, 0.5) is 0 Å². The van der Waals surface area contributed by atoms with Crippen LogP contribution in [0.15, 0.2) is 52.5 Å². The van der Waals surface area contributed by atoms with Gasteiger partial charge in [-0.15, -0.1) is 0 Å². The Morgan fingerprint density at radius 1 is 1.16 bits per heavy atom. The number of carbonyl (C=O) groups is 3. The van der Waals surface area contributed by atoms with Gasteiger partial charge < -0.3 is 25.3 Å². The lowest BCUT2D eigenvalue weighted by atomic mass is 9.97. The van der Waals surface area contributed by atoms with E-state index in [9.17, 15) is 22.8 Å². The van der Waals surface area contributed by atoms with E-state index in [-0.39, 0.29) is 42.7 Å².